The van der Waals surface area contributed by atoms with Crippen molar-refractivity contribution < 1.29 is 9.84 Å². The Morgan fingerprint density at radius 1 is 1.28 bits per heavy atom. The van der Waals surface area contributed by atoms with Crippen LogP contribution in [0.25, 0.3) is 11.3 Å². The summed E-state index contributed by atoms with van der Waals surface area (Å²) >= 11 is 12.5. The van der Waals surface area contributed by atoms with Gasteiger partial charge in [0.15, 0.2) is 5.75 Å². The summed E-state index contributed by atoms with van der Waals surface area (Å²) in [6.45, 7) is 5.52. The molecule has 0 atom stereocenters. The molecule has 0 aliphatic heterocycles. The number of nitrogens with zero attached hydrogens (tertiary/aromatic N) is 3. The monoisotopic (exact) mass is 430 g/mol. The van der Waals surface area contributed by atoms with E-state index < -0.39 is 16.9 Å². The predicted molar refractivity (Wildman–Crippen MR) is 108 cm³/mol. The highest BCUT2D eigenvalue weighted by Crippen LogP contribution is 2.39. The first kappa shape index (κ1) is 20.2. The fraction of sp³-hybridized carbons (Fsp3) is 0.0526. The number of nitrogens with one attached hydrogen (secondary N) is 1. The molecule has 0 aliphatic rings. The van der Waals surface area contributed by atoms with Crippen LogP contribution in [0.4, 0.5) is 0 Å². The van der Waals surface area contributed by atoms with Crippen molar-refractivity contribution in [3.63, 3.8) is 0 Å². The maximum atomic E-state index is 12.0. The molecule has 0 aliphatic carbocycles. The lowest BCUT2D eigenvalue weighted by atomic mass is 10.1. The third kappa shape index (κ3) is 4.01. The lowest BCUT2D eigenvalue weighted by Crippen LogP contribution is -2.33. The molecule has 0 fully saturated rings. The first-order valence-corrected chi connectivity index (χ1v) is 8.76. The summed E-state index contributed by atoms with van der Waals surface area (Å²) in [4.78, 5) is 25.5. The minimum Gasteiger partial charge on any atom is -0.507 e. The van der Waals surface area contributed by atoms with Crippen LogP contribution in [0, 0.1) is 11.3 Å². The number of hydrogen-bond acceptors (Lipinski definition) is 6. The van der Waals surface area contributed by atoms with Gasteiger partial charge in [0.05, 0.1) is 15.7 Å². The van der Waals surface area contributed by atoms with Gasteiger partial charge in [0.25, 0.3) is 5.56 Å². The highest BCUT2D eigenvalue weighted by molar-refractivity contribution is 6.37. The molecule has 2 N–H and O–H groups in total. The lowest BCUT2D eigenvalue weighted by Gasteiger charge is -2.13. The highest BCUT2D eigenvalue weighted by atomic mass is 35.5. The molecule has 29 heavy (non-hydrogen) atoms. The smallest absolute Gasteiger partial charge is 0.349 e. The van der Waals surface area contributed by atoms with E-state index in [9.17, 15) is 14.7 Å². The van der Waals surface area contributed by atoms with E-state index in [4.69, 9.17) is 33.2 Å². The van der Waals surface area contributed by atoms with E-state index in [0.29, 0.717) is 16.9 Å². The Hall–Kier alpha value is -3.54. The van der Waals surface area contributed by atoms with Gasteiger partial charge in [-0.25, -0.2) is 4.79 Å². The van der Waals surface area contributed by atoms with Crippen LogP contribution in [0.1, 0.15) is 18.2 Å². The topological polar surface area (TPSA) is 121 Å². The maximum absolute atomic E-state index is 12.0. The molecule has 8 nitrogen and oxygen atoms in total. The summed E-state index contributed by atoms with van der Waals surface area (Å²) < 4.78 is 6.53. The van der Waals surface area contributed by atoms with Crippen LogP contribution in [0.5, 0.6) is 17.2 Å². The standard InChI is InChI=1S/C19H12Cl2N4O4/c1-9(2)12-7-11(3-4-16(12)26)29-17-13(20)5-10(6-14(17)21)25-19(28)23-18(27)15(8-22)24-25/h3-7,26H,1H2,2H3,(H,23,27,28). The van der Waals surface area contributed by atoms with Crippen LogP contribution in [0.2, 0.25) is 10.0 Å². The minimum atomic E-state index is -0.897. The van der Waals surface area contributed by atoms with Crippen LogP contribution < -0.4 is 16.0 Å². The van der Waals surface area contributed by atoms with Gasteiger partial charge in [-0.2, -0.15) is 9.94 Å². The summed E-state index contributed by atoms with van der Waals surface area (Å²) in [6.07, 6.45) is 0. The van der Waals surface area contributed by atoms with Crippen LogP contribution in [0.3, 0.4) is 0 Å². The molecule has 0 radical (unpaired) electrons. The zero-order chi connectivity index (χ0) is 21.3. The van der Waals surface area contributed by atoms with Crippen molar-refractivity contribution in [3.8, 4) is 29.0 Å². The van der Waals surface area contributed by atoms with Gasteiger partial charge >= 0.3 is 5.69 Å². The fourth-order valence-electron chi connectivity index (χ4n) is 2.45. The third-order valence-electron chi connectivity index (χ3n) is 3.81. The van der Waals surface area contributed by atoms with Gasteiger partial charge in [-0.3, -0.25) is 9.78 Å². The Kier molecular flexibility index (Phi) is 5.46. The summed E-state index contributed by atoms with van der Waals surface area (Å²) in [5.74, 6) is 0.506. The van der Waals surface area contributed by atoms with E-state index in [1.54, 1.807) is 19.1 Å². The second-order valence-electron chi connectivity index (χ2n) is 5.93. The number of phenols is 1. The minimum absolute atomic E-state index is 0.0502. The average molecular weight is 431 g/mol. The first-order valence-electron chi connectivity index (χ1n) is 8.01. The second-order valence-corrected chi connectivity index (χ2v) is 6.75. The van der Waals surface area contributed by atoms with Crippen molar-refractivity contribution in [2.24, 2.45) is 0 Å². The molecule has 3 aromatic rings. The number of benzene rings is 2. The molecule has 146 valence electrons. The number of rotatable bonds is 4. The first-order chi connectivity index (χ1) is 13.7. The lowest BCUT2D eigenvalue weighted by molar-refractivity contribution is 0.463. The molecule has 2 aromatic carbocycles. The summed E-state index contributed by atoms with van der Waals surface area (Å²) in [5, 5.41) is 22.6. The quantitative estimate of drug-likeness (QED) is 0.651. The molecule has 0 amide bonds. The van der Waals surface area contributed by atoms with E-state index in [1.807, 2.05) is 4.98 Å². The van der Waals surface area contributed by atoms with Crippen molar-refractivity contribution in [3.05, 3.63) is 79.1 Å². The number of nitriles is 1. The van der Waals surface area contributed by atoms with E-state index >= 15 is 0 Å². The largest absolute Gasteiger partial charge is 0.507 e. The molecule has 1 aromatic heterocycles. The summed E-state index contributed by atoms with van der Waals surface area (Å²) in [5.41, 5.74) is -0.991. The molecule has 10 heteroatoms. The Labute approximate surface area is 173 Å². The predicted octanol–water partition coefficient (Wildman–Crippen LogP) is 3.63. The number of H-pyrrole nitrogens is 1. The molecule has 0 saturated heterocycles. The van der Waals surface area contributed by atoms with Crippen molar-refractivity contribution in [1.29, 1.82) is 5.26 Å². The number of phenolic OH excluding ortho intramolecular Hbond substituents is 1. The number of aromatic hydroxyl groups is 1. The number of ether oxygens (including phenoxy) is 1. The number of halogens is 2. The van der Waals surface area contributed by atoms with Crippen LogP contribution in [-0.4, -0.2) is 19.9 Å². The number of allylic oxidation sites excluding steroid dienone is 1. The van der Waals surface area contributed by atoms with Gasteiger partial charge in [-0.1, -0.05) is 29.8 Å². The molecule has 3 rings (SSSR count). The molecule has 0 unspecified atom stereocenters. The summed E-state index contributed by atoms with van der Waals surface area (Å²) in [7, 11) is 0. The van der Waals surface area contributed by atoms with E-state index in [-0.39, 0.29) is 27.2 Å². The van der Waals surface area contributed by atoms with Gasteiger partial charge in [0, 0.05) is 5.56 Å². The Balaban J connectivity index is 2.05. The van der Waals surface area contributed by atoms with Crippen molar-refractivity contribution in [2.75, 3.05) is 0 Å². The number of aromatic amines is 1. The molecular formula is C19H12Cl2N4O4. The van der Waals surface area contributed by atoms with Crippen LogP contribution >= 0.6 is 23.2 Å². The van der Waals surface area contributed by atoms with Crippen molar-refractivity contribution in [2.45, 2.75) is 6.92 Å². The molecule has 0 spiro atoms. The SMILES string of the molecule is C=C(C)c1cc(Oc2c(Cl)cc(-n3nc(C#N)c(=O)[nH]c3=O)cc2Cl)ccc1O. The Bertz CT molecular complexity index is 1280. The van der Waals surface area contributed by atoms with E-state index in [0.717, 1.165) is 4.68 Å². The van der Waals surface area contributed by atoms with E-state index in [1.165, 1.54) is 24.3 Å². The van der Waals surface area contributed by atoms with Gasteiger partial charge in [0.1, 0.15) is 17.6 Å². The second kappa shape index (κ2) is 7.83. The number of hydrogen-bond donors (Lipinski definition) is 2. The van der Waals surface area contributed by atoms with Gasteiger partial charge < -0.3 is 9.84 Å². The third-order valence-corrected chi connectivity index (χ3v) is 4.37. The van der Waals surface area contributed by atoms with Crippen LogP contribution in [0.15, 0.2) is 46.5 Å². The van der Waals surface area contributed by atoms with Gasteiger partial charge in [-0.15, -0.1) is 5.10 Å². The zero-order valence-electron chi connectivity index (χ0n) is 14.9. The maximum Gasteiger partial charge on any atom is 0.349 e. The molecule has 0 saturated carbocycles. The van der Waals surface area contributed by atoms with Crippen molar-refractivity contribution in [1.82, 2.24) is 14.8 Å². The molecular weight excluding hydrogens is 419 g/mol. The van der Waals surface area contributed by atoms with E-state index in [2.05, 4.69) is 11.7 Å². The fourth-order valence-corrected chi connectivity index (χ4v) is 3.01. The van der Waals surface area contributed by atoms with Crippen LogP contribution in [-0.2, 0) is 0 Å². The summed E-state index contributed by atoms with van der Waals surface area (Å²) in [6, 6.07) is 8.83. The average Bonchev–Trinajstić information content (AvgIpc) is 2.65. The van der Waals surface area contributed by atoms with Gasteiger partial charge in [-0.05, 0) is 42.8 Å². The Morgan fingerprint density at radius 2 is 1.93 bits per heavy atom. The Morgan fingerprint density at radius 3 is 2.52 bits per heavy atom. The highest BCUT2D eigenvalue weighted by Gasteiger charge is 2.16. The molecule has 1 heterocycles. The normalized spacial score (nSPS) is 10.4. The molecule has 0 bridgehead atoms. The van der Waals surface area contributed by atoms with Crippen molar-refractivity contribution >= 4 is 28.8 Å². The van der Waals surface area contributed by atoms with Gasteiger partial charge in [0.2, 0.25) is 5.69 Å². The zero-order valence-corrected chi connectivity index (χ0v) is 16.4. The number of aromatic nitrogens is 3.